The third kappa shape index (κ3) is 4.13. The first kappa shape index (κ1) is 23.1. The van der Waals surface area contributed by atoms with Gasteiger partial charge in [0.1, 0.15) is 17.0 Å². The molecule has 0 atom stereocenters. The number of carbonyl (C=O) groups is 1. The van der Waals surface area contributed by atoms with Crippen molar-refractivity contribution in [2.75, 3.05) is 19.5 Å². The highest BCUT2D eigenvalue weighted by atomic mass is 19.4. The molecule has 0 aliphatic rings. The molecule has 4 rings (SSSR count). The number of methoxy groups -OCH3 is 2. The molecule has 0 aliphatic heterocycles. The van der Waals surface area contributed by atoms with Crippen LogP contribution in [0, 0.1) is 0 Å². The van der Waals surface area contributed by atoms with E-state index in [2.05, 4.69) is 15.4 Å². The minimum absolute atomic E-state index is 0.00166. The summed E-state index contributed by atoms with van der Waals surface area (Å²) in [6.45, 7) is -0.235. The third-order valence-corrected chi connectivity index (χ3v) is 5.06. The Morgan fingerprint density at radius 2 is 1.76 bits per heavy atom. The Hall–Kier alpha value is -4.12. The number of benzene rings is 2. The van der Waals surface area contributed by atoms with Gasteiger partial charge in [-0.2, -0.15) is 22.8 Å². The Labute approximate surface area is 190 Å². The van der Waals surface area contributed by atoms with E-state index in [0.29, 0.717) is 10.3 Å². The molecule has 34 heavy (non-hydrogen) atoms. The van der Waals surface area contributed by atoms with E-state index in [4.69, 9.17) is 9.47 Å². The van der Waals surface area contributed by atoms with Crippen molar-refractivity contribution >= 4 is 17.2 Å². The van der Waals surface area contributed by atoms with Crippen molar-refractivity contribution in [2.45, 2.75) is 12.8 Å². The average Bonchev–Trinajstić information content (AvgIpc) is 3.21. The molecule has 0 unspecified atom stereocenters. The zero-order valence-electron chi connectivity index (χ0n) is 18.1. The number of fused-ring (bicyclic) bond motifs is 1. The van der Waals surface area contributed by atoms with Crippen molar-refractivity contribution in [3.05, 3.63) is 81.9 Å². The maximum atomic E-state index is 13.9. The number of aromatic nitrogens is 3. The highest BCUT2D eigenvalue weighted by Gasteiger charge is 2.39. The molecule has 2 aromatic heterocycles. The van der Waals surface area contributed by atoms with E-state index in [9.17, 15) is 22.8 Å². The van der Waals surface area contributed by atoms with Crippen LogP contribution in [0.5, 0.6) is 5.75 Å². The number of para-hydroxylation sites is 2. The Morgan fingerprint density at radius 1 is 1.09 bits per heavy atom. The van der Waals surface area contributed by atoms with Crippen molar-refractivity contribution in [1.29, 1.82) is 0 Å². The molecule has 0 aliphatic carbocycles. The molecule has 2 heterocycles. The number of anilines is 1. The standard InChI is InChI=1S/C23H19F3N4O4/c1-33-12-15-18(21(31)28-14-10-6-7-11-16(14)34-2)22(32)30-20(27-15)17(13-8-4-3-5-9-13)19(29-30)23(24,25)26/h3-11,27H,12H2,1-2H3,(H,28,31). The van der Waals surface area contributed by atoms with Crippen molar-refractivity contribution < 1.29 is 27.4 Å². The lowest BCUT2D eigenvalue weighted by Crippen LogP contribution is -2.30. The fraction of sp³-hybridized carbons (Fsp3) is 0.174. The Kier molecular flexibility index (Phi) is 6.12. The van der Waals surface area contributed by atoms with Gasteiger partial charge in [0.05, 0.1) is 30.7 Å². The summed E-state index contributed by atoms with van der Waals surface area (Å²) >= 11 is 0. The highest BCUT2D eigenvalue weighted by Crippen LogP contribution is 2.38. The summed E-state index contributed by atoms with van der Waals surface area (Å²) in [6.07, 6.45) is -4.85. The molecular formula is C23H19F3N4O4. The van der Waals surface area contributed by atoms with Gasteiger partial charge in [-0.1, -0.05) is 42.5 Å². The van der Waals surface area contributed by atoms with E-state index in [1.165, 1.54) is 26.4 Å². The summed E-state index contributed by atoms with van der Waals surface area (Å²) in [6, 6.07) is 14.3. The second kappa shape index (κ2) is 9.02. The van der Waals surface area contributed by atoms with Crippen molar-refractivity contribution in [2.24, 2.45) is 0 Å². The number of aromatic amines is 1. The quantitative estimate of drug-likeness (QED) is 0.440. The first-order valence-corrected chi connectivity index (χ1v) is 10.00. The molecule has 0 fully saturated rings. The van der Waals surface area contributed by atoms with Crippen LogP contribution in [0.25, 0.3) is 16.8 Å². The zero-order chi connectivity index (χ0) is 24.5. The van der Waals surface area contributed by atoms with Crippen LogP contribution in [0.4, 0.5) is 18.9 Å². The number of nitrogens with zero attached hydrogens (tertiary/aromatic N) is 2. The number of carbonyl (C=O) groups excluding carboxylic acids is 1. The van der Waals surface area contributed by atoms with Crippen LogP contribution in [0.15, 0.2) is 59.4 Å². The Balaban J connectivity index is 1.96. The number of rotatable bonds is 6. The molecule has 176 valence electrons. The lowest BCUT2D eigenvalue weighted by atomic mass is 10.1. The van der Waals surface area contributed by atoms with Crippen LogP contribution in [-0.2, 0) is 17.5 Å². The van der Waals surface area contributed by atoms with Gasteiger partial charge in [0.15, 0.2) is 5.69 Å². The lowest BCUT2D eigenvalue weighted by Gasteiger charge is -2.13. The number of H-pyrrole nitrogens is 1. The monoisotopic (exact) mass is 472 g/mol. The minimum atomic E-state index is -4.85. The molecular weight excluding hydrogens is 453 g/mol. The fourth-order valence-corrected chi connectivity index (χ4v) is 3.62. The summed E-state index contributed by atoms with van der Waals surface area (Å²) in [5, 5.41) is 6.11. The first-order chi connectivity index (χ1) is 16.3. The van der Waals surface area contributed by atoms with Crippen LogP contribution in [0.1, 0.15) is 21.7 Å². The van der Waals surface area contributed by atoms with Crippen LogP contribution in [0.3, 0.4) is 0 Å². The molecule has 11 heteroatoms. The molecule has 2 aromatic carbocycles. The Bertz CT molecular complexity index is 1410. The predicted octanol–water partition coefficient (Wildman–Crippen LogP) is 4.12. The smallest absolute Gasteiger partial charge is 0.435 e. The molecule has 0 saturated carbocycles. The number of halogens is 3. The Morgan fingerprint density at radius 3 is 2.41 bits per heavy atom. The second-order valence-electron chi connectivity index (χ2n) is 7.22. The number of alkyl halides is 3. The molecule has 0 spiro atoms. The number of hydrogen-bond donors (Lipinski definition) is 2. The zero-order valence-corrected chi connectivity index (χ0v) is 18.1. The molecule has 0 bridgehead atoms. The SMILES string of the molecule is COCc1[nH]c2c(-c3ccccc3)c(C(F)(F)F)nn2c(=O)c1C(=O)Nc1ccccc1OC. The van der Waals surface area contributed by atoms with Gasteiger partial charge in [-0.15, -0.1) is 0 Å². The van der Waals surface area contributed by atoms with E-state index in [-0.39, 0.29) is 34.8 Å². The summed E-state index contributed by atoms with van der Waals surface area (Å²) in [4.78, 5) is 29.2. The normalized spacial score (nSPS) is 11.6. The fourth-order valence-electron chi connectivity index (χ4n) is 3.62. The van der Waals surface area contributed by atoms with Crippen LogP contribution >= 0.6 is 0 Å². The minimum Gasteiger partial charge on any atom is -0.495 e. The highest BCUT2D eigenvalue weighted by molar-refractivity contribution is 6.05. The van der Waals surface area contributed by atoms with Crippen LogP contribution in [0.2, 0.25) is 0 Å². The van der Waals surface area contributed by atoms with E-state index in [1.54, 1.807) is 42.5 Å². The molecule has 8 nitrogen and oxygen atoms in total. The van der Waals surface area contributed by atoms with E-state index in [1.807, 2.05) is 0 Å². The van der Waals surface area contributed by atoms with E-state index < -0.39 is 28.9 Å². The summed E-state index contributed by atoms with van der Waals surface area (Å²) in [7, 11) is 2.74. The largest absolute Gasteiger partial charge is 0.495 e. The van der Waals surface area contributed by atoms with Gasteiger partial charge in [-0.3, -0.25) is 9.59 Å². The van der Waals surface area contributed by atoms with Crippen molar-refractivity contribution in [3.63, 3.8) is 0 Å². The van der Waals surface area contributed by atoms with Gasteiger partial charge in [-0.25, -0.2) is 0 Å². The van der Waals surface area contributed by atoms with Gasteiger partial charge in [-0.05, 0) is 17.7 Å². The second-order valence-corrected chi connectivity index (χ2v) is 7.22. The average molecular weight is 472 g/mol. The number of ether oxygens (including phenoxy) is 2. The van der Waals surface area contributed by atoms with Gasteiger partial charge in [0.25, 0.3) is 11.5 Å². The summed E-state index contributed by atoms with van der Waals surface area (Å²) < 4.78 is 52.5. The van der Waals surface area contributed by atoms with Crippen molar-refractivity contribution in [3.8, 4) is 16.9 Å². The number of hydrogen-bond acceptors (Lipinski definition) is 5. The maximum absolute atomic E-state index is 13.9. The molecule has 0 radical (unpaired) electrons. The van der Waals surface area contributed by atoms with E-state index >= 15 is 0 Å². The molecule has 2 N–H and O–H groups in total. The van der Waals surface area contributed by atoms with Crippen LogP contribution < -0.4 is 15.6 Å². The van der Waals surface area contributed by atoms with Gasteiger partial charge >= 0.3 is 6.18 Å². The summed E-state index contributed by atoms with van der Waals surface area (Å²) in [5.74, 6) is -0.517. The van der Waals surface area contributed by atoms with Crippen LogP contribution in [-0.4, -0.2) is 34.7 Å². The van der Waals surface area contributed by atoms with Gasteiger partial charge in [0, 0.05) is 7.11 Å². The van der Waals surface area contributed by atoms with Gasteiger partial charge in [0.2, 0.25) is 0 Å². The third-order valence-electron chi connectivity index (χ3n) is 5.06. The van der Waals surface area contributed by atoms with Gasteiger partial charge < -0.3 is 19.8 Å². The molecule has 4 aromatic rings. The maximum Gasteiger partial charge on any atom is 0.435 e. The first-order valence-electron chi connectivity index (χ1n) is 10.00. The topological polar surface area (TPSA) is 97.7 Å². The number of nitrogens with one attached hydrogen (secondary N) is 2. The molecule has 1 amide bonds. The molecule has 0 saturated heterocycles. The van der Waals surface area contributed by atoms with Crippen molar-refractivity contribution in [1.82, 2.24) is 14.6 Å². The number of amides is 1. The summed E-state index contributed by atoms with van der Waals surface area (Å²) in [5.41, 5.74) is -2.74. The lowest BCUT2D eigenvalue weighted by molar-refractivity contribution is -0.140. The predicted molar refractivity (Wildman–Crippen MR) is 118 cm³/mol. The van der Waals surface area contributed by atoms with E-state index in [0.717, 1.165) is 0 Å².